The molecule has 0 atom stereocenters. The number of halogens is 3. The maximum Gasteiger partial charge on any atom is 0.372 e. The van der Waals surface area contributed by atoms with Crippen molar-refractivity contribution in [2.45, 2.75) is 6.55 Å². The van der Waals surface area contributed by atoms with Crippen LogP contribution in [0.4, 0.5) is 13.2 Å². The molecule has 0 aromatic heterocycles. The van der Waals surface area contributed by atoms with E-state index in [0.29, 0.717) is 5.19 Å². The summed E-state index contributed by atoms with van der Waals surface area (Å²) < 4.78 is 51.9. The molecule has 18 heavy (non-hydrogen) atoms. The smallest absolute Gasteiger partial charge is 0.372 e. The lowest BCUT2D eigenvalue weighted by Crippen LogP contribution is -2.49. The summed E-state index contributed by atoms with van der Waals surface area (Å²) in [7, 11) is 0.0991. The minimum Gasteiger partial charge on any atom is -0.428 e. The third-order valence-electron chi connectivity index (χ3n) is 2.50. The summed E-state index contributed by atoms with van der Waals surface area (Å²) in [6.45, 7) is 1.70. The van der Waals surface area contributed by atoms with Crippen molar-refractivity contribution in [2.75, 3.05) is 14.2 Å². The Morgan fingerprint density at radius 1 is 1.06 bits per heavy atom. The second-order valence-corrected chi connectivity index (χ2v) is 6.73. The Morgan fingerprint density at radius 2 is 1.61 bits per heavy atom. The van der Waals surface area contributed by atoms with E-state index in [2.05, 4.69) is 4.74 Å². The van der Waals surface area contributed by atoms with Gasteiger partial charge >= 0.3 is 20.7 Å². The van der Waals surface area contributed by atoms with Gasteiger partial charge in [0.2, 0.25) is 0 Å². The Morgan fingerprint density at radius 3 is 2.11 bits per heavy atom. The number of para-hydroxylation sites is 1. The average Bonchev–Trinajstić information content (AvgIpc) is 2.38. The van der Waals surface area contributed by atoms with Crippen molar-refractivity contribution in [1.82, 2.24) is 0 Å². The fourth-order valence-corrected chi connectivity index (χ4v) is 2.96. The van der Waals surface area contributed by atoms with Crippen LogP contribution in [0.5, 0.6) is 5.75 Å². The van der Waals surface area contributed by atoms with E-state index in [1.807, 2.05) is 0 Å². The van der Waals surface area contributed by atoms with Gasteiger partial charge in [0.1, 0.15) is 5.75 Å². The van der Waals surface area contributed by atoms with Crippen molar-refractivity contribution in [3.63, 3.8) is 0 Å². The van der Waals surface area contributed by atoms with Gasteiger partial charge in [0.15, 0.2) is 0 Å². The highest BCUT2D eigenvalue weighted by Crippen LogP contribution is 2.20. The molecule has 0 unspecified atom stereocenters. The molecule has 100 valence electrons. The zero-order chi connectivity index (χ0) is 13.8. The topological polar surface area (TPSA) is 27.7 Å². The van der Waals surface area contributed by atoms with Gasteiger partial charge < -0.3 is 13.6 Å². The predicted octanol–water partition coefficient (Wildman–Crippen LogP) is 2.67. The molecule has 0 heterocycles. The van der Waals surface area contributed by atoms with Crippen LogP contribution in [0.15, 0.2) is 36.4 Å². The molecular formula is C11H13F3O3Si. The van der Waals surface area contributed by atoms with E-state index in [0.717, 1.165) is 0 Å². The average molecular weight is 278 g/mol. The molecule has 7 heteroatoms. The summed E-state index contributed by atoms with van der Waals surface area (Å²) >= 11 is 0. The maximum absolute atomic E-state index is 12.8. The van der Waals surface area contributed by atoms with Crippen LogP contribution in [0.1, 0.15) is 0 Å². The van der Waals surface area contributed by atoms with E-state index in [1.54, 1.807) is 24.7 Å². The number of hydrogen-bond donors (Lipinski definition) is 0. The fraction of sp³-hybridized carbons (Fsp3) is 0.273. The summed E-state index contributed by atoms with van der Waals surface area (Å²) in [5.41, 5.74) is 0. The lowest BCUT2D eigenvalue weighted by atomic mass is 10.3. The third kappa shape index (κ3) is 3.12. The second-order valence-electron chi connectivity index (χ2n) is 3.49. The van der Waals surface area contributed by atoms with E-state index < -0.39 is 20.7 Å². The molecule has 1 aromatic carbocycles. The minimum absolute atomic E-state index is 0.0410. The molecule has 0 bridgehead atoms. The molecule has 0 aliphatic rings. The number of ether oxygens (including phenoxy) is 1. The van der Waals surface area contributed by atoms with Crippen LogP contribution < -0.4 is 9.92 Å². The van der Waals surface area contributed by atoms with Crippen molar-refractivity contribution in [1.29, 1.82) is 0 Å². The van der Waals surface area contributed by atoms with Crippen LogP contribution >= 0.6 is 0 Å². The SMILES string of the molecule is CO[Si](C)(OC)c1ccccc1OC(F)=C(F)F. The first-order chi connectivity index (χ1) is 8.44. The van der Waals surface area contributed by atoms with E-state index in [4.69, 9.17) is 8.85 Å². The van der Waals surface area contributed by atoms with Crippen molar-refractivity contribution in [2.24, 2.45) is 0 Å². The molecule has 0 aliphatic carbocycles. The van der Waals surface area contributed by atoms with Crippen molar-refractivity contribution in [3.8, 4) is 5.75 Å². The normalized spacial score (nSPS) is 11.2. The Balaban J connectivity index is 3.19. The molecular weight excluding hydrogens is 265 g/mol. The van der Waals surface area contributed by atoms with Crippen LogP contribution in [0.2, 0.25) is 6.55 Å². The van der Waals surface area contributed by atoms with Gasteiger partial charge in [-0.3, -0.25) is 0 Å². The molecule has 0 spiro atoms. The molecule has 3 nitrogen and oxygen atoms in total. The van der Waals surface area contributed by atoms with E-state index >= 15 is 0 Å². The first-order valence-electron chi connectivity index (χ1n) is 5.03. The Bertz CT molecular complexity index is 443. The first kappa shape index (κ1) is 14.7. The first-order valence-corrected chi connectivity index (χ1v) is 7.34. The number of rotatable bonds is 5. The van der Waals surface area contributed by atoms with Crippen LogP contribution in [-0.4, -0.2) is 22.8 Å². The highest BCUT2D eigenvalue weighted by molar-refractivity contribution is 6.80. The number of hydrogen-bond acceptors (Lipinski definition) is 3. The van der Waals surface area contributed by atoms with Gasteiger partial charge in [-0.15, -0.1) is 0 Å². The lowest BCUT2D eigenvalue weighted by molar-refractivity contribution is 0.238. The van der Waals surface area contributed by atoms with Crippen molar-refractivity contribution in [3.05, 3.63) is 36.4 Å². The summed E-state index contributed by atoms with van der Waals surface area (Å²) in [5, 5.41) is 0.436. The molecule has 0 saturated heterocycles. The molecule has 0 N–H and O–H groups in total. The fourth-order valence-electron chi connectivity index (χ4n) is 1.37. The van der Waals surface area contributed by atoms with E-state index in [9.17, 15) is 13.2 Å². The molecule has 0 radical (unpaired) electrons. The predicted molar refractivity (Wildman–Crippen MR) is 62.7 cm³/mol. The Kier molecular flexibility index (Phi) is 4.94. The van der Waals surface area contributed by atoms with E-state index in [-0.39, 0.29) is 5.75 Å². The zero-order valence-corrected chi connectivity index (χ0v) is 11.2. The standard InChI is InChI=1S/C11H13F3O3Si/c1-15-18(3,16-2)9-7-5-4-6-8(9)17-11(14)10(12)13/h4-7H,1-3H3. The molecule has 1 rings (SSSR count). The van der Waals surface area contributed by atoms with Gasteiger partial charge in [-0.1, -0.05) is 18.2 Å². The van der Waals surface area contributed by atoms with Crippen LogP contribution in [0.25, 0.3) is 0 Å². The largest absolute Gasteiger partial charge is 0.428 e. The molecule has 0 amide bonds. The molecule has 0 aliphatic heterocycles. The summed E-state index contributed by atoms with van der Waals surface area (Å²) in [6, 6.07) is 4.26. The van der Waals surface area contributed by atoms with Gasteiger partial charge in [0, 0.05) is 19.4 Å². The summed E-state index contributed by atoms with van der Waals surface area (Å²) in [4.78, 5) is 0. The maximum atomic E-state index is 12.8. The Hall–Kier alpha value is -1.31. The van der Waals surface area contributed by atoms with Gasteiger partial charge in [-0.2, -0.15) is 13.2 Å². The second kappa shape index (κ2) is 6.03. The van der Waals surface area contributed by atoms with Crippen LogP contribution in [0.3, 0.4) is 0 Å². The van der Waals surface area contributed by atoms with Crippen LogP contribution in [-0.2, 0) is 8.85 Å². The highest BCUT2D eigenvalue weighted by atomic mass is 28.4. The Labute approximate surface area is 104 Å². The highest BCUT2D eigenvalue weighted by Gasteiger charge is 2.35. The number of benzene rings is 1. The molecule has 0 fully saturated rings. The quantitative estimate of drug-likeness (QED) is 0.612. The third-order valence-corrected chi connectivity index (χ3v) is 5.45. The van der Waals surface area contributed by atoms with Crippen molar-refractivity contribution < 1.29 is 26.8 Å². The molecule has 1 aromatic rings. The van der Waals surface area contributed by atoms with Crippen molar-refractivity contribution >= 4 is 13.7 Å². The van der Waals surface area contributed by atoms with Gasteiger partial charge in [0.25, 0.3) is 0 Å². The van der Waals surface area contributed by atoms with Crippen LogP contribution in [0, 0.1) is 0 Å². The van der Waals surface area contributed by atoms with Gasteiger partial charge in [-0.25, -0.2) is 0 Å². The van der Waals surface area contributed by atoms with E-state index in [1.165, 1.54) is 20.3 Å². The van der Waals surface area contributed by atoms with Gasteiger partial charge in [0.05, 0.1) is 0 Å². The zero-order valence-electron chi connectivity index (χ0n) is 10.2. The lowest BCUT2D eigenvalue weighted by Gasteiger charge is -2.24. The van der Waals surface area contributed by atoms with Gasteiger partial charge in [-0.05, 0) is 12.6 Å². The summed E-state index contributed by atoms with van der Waals surface area (Å²) in [5.74, 6) is -0.0410. The minimum atomic E-state index is -2.78. The molecule has 0 saturated carbocycles. The monoisotopic (exact) mass is 278 g/mol. The summed E-state index contributed by atoms with van der Waals surface area (Å²) in [6.07, 6.45) is -2.51.